The van der Waals surface area contributed by atoms with Crippen molar-refractivity contribution >= 4 is 29.3 Å². The zero-order chi connectivity index (χ0) is 20.9. The van der Waals surface area contributed by atoms with Crippen molar-refractivity contribution in [3.63, 3.8) is 0 Å². The van der Waals surface area contributed by atoms with E-state index in [4.69, 9.17) is 16.3 Å². The van der Waals surface area contributed by atoms with E-state index in [1.165, 1.54) is 18.2 Å². The number of aromatic nitrogens is 3. The zero-order valence-corrected chi connectivity index (χ0v) is 18.3. The lowest BCUT2D eigenvalue weighted by atomic mass is 10.1. The number of carbonyl (C=O) groups is 1. The average Bonchev–Trinajstić information content (AvgIpc) is 3.22. The minimum Gasteiger partial charge on any atom is -0.496 e. The van der Waals surface area contributed by atoms with Crippen LogP contribution in [0.1, 0.15) is 19.3 Å². The number of hydrogen-bond acceptors (Lipinski definition) is 5. The largest absolute Gasteiger partial charge is 0.496 e. The quantitative estimate of drug-likeness (QED) is 0.518. The molecule has 6 nitrogen and oxygen atoms in total. The van der Waals surface area contributed by atoms with Crippen LogP contribution in [0.5, 0.6) is 5.75 Å². The van der Waals surface area contributed by atoms with Gasteiger partial charge in [-0.25, -0.2) is 0 Å². The predicted molar refractivity (Wildman–Crippen MR) is 120 cm³/mol. The molecule has 0 aliphatic carbocycles. The van der Waals surface area contributed by atoms with Gasteiger partial charge in [-0.05, 0) is 55.7 Å². The Balaban J connectivity index is 1.67. The molecule has 0 spiro atoms. The van der Waals surface area contributed by atoms with Crippen molar-refractivity contribution in [2.24, 2.45) is 0 Å². The molecule has 4 rings (SSSR count). The van der Waals surface area contributed by atoms with Crippen molar-refractivity contribution in [2.75, 3.05) is 26.0 Å². The van der Waals surface area contributed by atoms with Crippen LogP contribution < -0.4 is 4.74 Å². The fourth-order valence-corrected chi connectivity index (χ4v) is 4.53. The number of halogens is 1. The van der Waals surface area contributed by atoms with Gasteiger partial charge in [-0.2, -0.15) is 0 Å². The molecule has 156 valence electrons. The molecule has 1 aromatic heterocycles. The average molecular weight is 443 g/mol. The number of ether oxygens (including phenoxy) is 1. The van der Waals surface area contributed by atoms with Crippen molar-refractivity contribution in [3.8, 4) is 22.8 Å². The van der Waals surface area contributed by atoms with Gasteiger partial charge in [0.1, 0.15) is 5.75 Å². The highest BCUT2D eigenvalue weighted by Crippen LogP contribution is 2.33. The minimum atomic E-state index is 0.143. The SMILES string of the molecule is COc1ccccc1-c1nnc(SCC(=O)N2CCCCC2)n1-c1ccc(Cl)cc1. The topological polar surface area (TPSA) is 60.3 Å². The number of piperidine rings is 1. The van der Waals surface area contributed by atoms with Gasteiger partial charge in [0, 0.05) is 23.8 Å². The number of methoxy groups -OCH3 is 1. The zero-order valence-electron chi connectivity index (χ0n) is 16.8. The number of carbonyl (C=O) groups excluding carboxylic acids is 1. The second-order valence-electron chi connectivity index (χ2n) is 7.05. The monoisotopic (exact) mass is 442 g/mol. The van der Waals surface area contributed by atoms with Crippen molar-refractivity contribution in [1.29, 1.82) is 0 Å². The first-order valence-corrected chi connectivity index (χ1v) is 11.3. The Morgan fingerprint density at radius 2 is 1.80 bits per heavy atom. The van der Waals surface area contributed by atoms with Gasteiger partial charge in [-0.15, -0.1) is 10.2 Å². The summed E-state index contributed by atoms with van der Waals surface area (Å²) in [6.45, 7) is 1.69. The molecule has 1 aliphatic rings. The van der Waals surface area contributed by atoms with Crippen LogP contribution in [0.15, 0.2) is 53.7 Å². The van der Waals surface area contributed by atoms with Crippen molar-refractivity contribution in [3.05, 3.63) is 53.6 Å². The maximum Gasteiger partial charge on any atom is 0.233 e. The molecule has 0 atom stereocenters. The summed E-state index contributed by atoms with van der Waals surface area (Å²) in [5, 5.41) is 10.1. The van der Waals surface area contributed by atoms with E-state index >= 15 is 0 Å². The highest BCUT2D eigenvalue weighted by Gasteiger charge is 2.22. The second kappa shape index (κ2) is 9.53. The maximum atomic E-state index is 12.7. The standard InChI is InChI=1S/C22H23ClN4O2S/c1-29-19-8-4-3-7-18(19)21-24-25-22(27(21)17-11-9-16(23)10-12-17)30-15-20(28)26-13-5-2-6-14-26/h3-4,7-12H,2,5-6,13-15H2,1H3. The van der Waals surface area contributed by atoms with Crippen molar-refractivity contribution in [2.45, 2.75) is 24.4 Å². The summed E-state index contributed by atoms with van der Waals surface area (Å²) in [7, 11) is 1.63. The number of hydrogen-bond donors (Lipinski definition) is 0. The Kier molecular flexibility index (Phi) is 6.59. The summed E-state index contributed by atoms with van der Waals surface area (Å²) in [4.78, 5) is 14.6. The van der Waals surface area contributed by atoms with Gasteiger partial charge >= 0.3 is 0 Å². The number of para-hydroxylation sites is 1. The van der Waals surface area contributed by atoms with E-state index in [-0.39, 0.29) is 5.91 Å². The molecule has 0 unspecified atom stereocenters. The van der Waals surface area contributed by atoms with Crippen LogP contribution in [-0.4, -0.2) is 51.5 Å². The number of nitrogens with zero attached hydrogens (tertiary/aromatic N) is 4. The molecule has 2 heterocycles. The van der Waals surface area contributed by atoms with Crippen molar-refractivity contribution < 1.29 is 9.53 Å². The number of thioether (sulfide) groups is 1. The molecule has 1 aliphatic heterocycles. The summed E-state index contributed by atoms with van der Waals surface area (Å²) in [6, 6.07) is 15.2. The molecule has 8 heteroatoms. The van der Waals surface area contributed by atoms with E-state index in [9.17, 15) is 4.79 Å². The summed E-state index contributed by atoms with van der Waals surface area (Å²) < 4.78 is 7.47. The predicted octanol–water partition coefficient (Wildman–Crippen LogP) is 4.70. The van der Waals surface area contributed by atoms with Crippen molar-refractivity contribution in [1.82, 2.24) is 19.7 Å². The van der Waals surface area contributed by atoms with Crippen LogP contribution in [0, 0.1) is 0 Å². The Hall–Kier alpha value is -2.51. The maximum absolute atomic E-state index is 12.7. The molecule has 3 aromatic rings. The molecule has 0 N–H and O–H groups in total. The third kappa shape index (κ3) is 4.47. The number of likely N-dealkylation sites (tertiary alicyclic amines) is 1. The lowest BCUT2D eigenvalue weighted by Gasteiger charge is -2.26. The van der Waals surface area contributed by atoms with Gasteiger partial charge in [-0.3, -0.25) is 9.36 Å². The number of rotatable bonds is 6. The lowest BCUT2D eigenvalue weighted by Crippen LogP contribution is -2.36. The first kappa shape index (κ1) is 20.8. The third-order valence-corrected chi connectivity index (χ3v) is 6.27. The van der Waals surface area contributed by atoms with E-state index in [0.717, 1.165) is 37.2 Å². The Labute approximate surface area is 185 Å². The summed E-state index contributed by atoms with van der Waals surface area (Å²) in [6.07, 6.45) is 3.36. The summed E-state index contributed by atoms with van der Waals surface area (Å²) in [5.74, 6) is 1.84. The Morgan fingerprint density at radius 3 is 2.53 bits per heavy atom. The first-order valence-electron chi connectivity index (χ1n) is 9.92. The fraction of sp³-hybridized carbons (Fsp3) is 0.318. The summed E-state index contributed by atoms with van der Waals surface area (Å²) >= 11 is 7.49. The molecule has 0 saturated carbocycles. The van der Waals surface area contributed by atoms with Gasteiger partial charge in [0.25, 0.3) is 0 Å². The third-order valence-electron chi connectivity index (χ3n) is 5.10. The van der Waals surface area contributed by atoms with Gasteiger partial charge in [0.2, 0.25) is 5.91 Å². The normalized spacial score (nSPS) is 14.0. The Bertz CT molecular complexity index is 1020. The van der Waals surface area contributed by atoms with E-state index in [2.05, 4.69) is 10.2 Å². The molecule has 30 heavy (non-hydrogen) atoms. The van der Waals surface area contributed by atoms with Gasteiger partial charge in [0.15, 0.2) is 11.0 Å². The molecular weight excluding hydrogens is 420 g/mol. The summed E-state index contributed by atoms with van der Waals surface area (Å²) in [5.41, 5.74) is 1.70. The van der Waals surface area contributed by atoms with E-state index in [1.54, 1.807) is 7.11 Å². The van der Waals surface area contributed by atoms with Gasteiger partial charge < -0.3 is 9.64 Å². The van der Waals surface area contributed by atoms with Crippen LogP contribution in [0.3, 0.4) is 0 Å². The number of benzene rings is 2. The van der Waals surface area contributed by atoms with E-state index in [1.807, 2.05) is 58.0 Å². The highest BCUT2D eigenvalue weighted by molar-refractivity contribution is 7.99. The lowest BCUT2D eigenvalue weighted by molar-refractivity contribution is -0.129. The molecule has 0 radical (unpaired) electrons. The van der Waals surface area contributed by atoms with Crippen LogP contribution in [0.25, 0.3) is 17.1 Å². The van der Waals surface area contributed by atoms with Gasteiger partial charge in [-0.1, -0.05) is 35.5 Å². The minimum absolute atomic E-state index is 0.143. The van der Waals surface area contributed by atoms with Crippen LogP contribution >= 0.6 is 23.4 Å². The molecule has 1 fully saturated rings. The molecular formula is C22H23ClN4O2S. The van der Waals surface area contributed by atoms with Crippen LogP contribution in [0.4, 0.5) is 0 Å². The molecule has 0 bridgehead atoms. The Morgan fingerprint density at radius 1 is 1.07 bits per heavy atom. The first-order chi connectivity index (χ1) is 14.7. The number of amides is 1. The fourth-order valence-electron chi connectivity index (χ4n) is 3.55. The molecule has 1 saturated heterocycles. The van der Waals surface area contributed by atoms with Crippen LogP contribution in [0.2, 0.25) is 5.02 Å². The smallest absolute Gasteiger partial charge is 0.233 e. The van der Waals surface area contributed by atoms with E-state index < -0.39 is 0 Å². The van der Waals surface area contributed by atoms with Gasteiger partial charge in [0.05, 0.1) is 18.4 Å². The van der Waals surface area contributed by atoms with E-state index in [0.29, 0.717) is 27.5 Å². The molecule has 2 aromatic carbocycles. The molecule has 1 amide bonds. The highest BCUT2D eigenvalue weighted by atomic mass is 35.5. The second-order valence-corrected chi connectivity index (χ2v) is 8.43. The van der Waals surface area contributed by atoms with Crippen LogP contribution in [-0.2, 0) is 4.79 Å².